The smallest absolute Gasteiger partial charge is 0.138 e. The summed E-state index contributed by atoms with van der Waals surface area (Å²) in [6.45, 7) is 1.60. The Labute approximate surface area is 131 Å². The number of benzene rings is 2. The highest BCUT2D eigenvalue weighted by Gasteiger charge is 2.18. The predicted octanol–water partition coefficient (Wildman–Crippen LogP) is 4.97. The third-order valence-corrected chi connectivity index (χ3v) is 4.20. The highest BCUT2D eigenvalue weighted by atomic mass is 79.9. The van der Waals surface area contributed by atoms with E-state index in [1.807, 2.05) is 24.4 Å². The third kappa shape index (κ3) is 3.16. The molecule has 4 heteroatoms. The Hall–Kier alpha value is -1.68. The molecule has 1 nitrogen and oxygen atoms in total. The van der Waals surface area contributed by atoms with Crippen molar-refractivity contribution in [3.63, 3.8) is 0 Å². The zero-order valence-corrected chi connectivity index (χ0v) is 12.9. The Morgan fingerprint density at radius 2 is 1.81 bits per heavy atom. The van der Waals surface area contributed by atoms with Crippen LogP contribution in [0.1, 0.15) is 17.5 Å². The van der Waals surface area contributed by atoms with Crippen molar-refractivity contribution < 1.29 is 8.78 Å². The summed E-state index contributed by atoms with van der Waals surface area (Å²) in [4.78, 5) is 2.13. The van der Waals surface area contributed by atoms with Crippen molar-refractivity contribution >= 4 is 21.5 Å². The van der Waals surface area contributed by atoms with Crippen molar-refractivity contribution in [1.29, 1.82) is 0 Å². The second-order valence-corrected chi connectivity index (χ2v) is 5.96. The van der Waals surface area contributed by atoms with E-state index in [2.05, 4.69) is 33.0 Å². The first-order valence-corrected chi connectivity index (χ1v) is 7.56. The van der Waals surface area contributed by atoms with Crippen molar-refractivity contribution in [3.05, 3.63) is 75.9 Å². The Balaban J connectivity index is 1.81. The van der Waals surface area contributed by atoms with E-state index >= 15 is 0 Å². The molecule has 1 aliphatic rings. The lowest BCUT2D eigenvalue weighted by Crippen LogP contribution is -2.13. The number of halogens is 3. The Morgan fingerprint density at radius 3 is 2.57 bits per heavy atom. The van der Waals surface area contributed by atoms with Crippen LogP contribution >= 0.6 is 15.9 Å². The van der Waals surface area contributed by atoms with Crippen LogP contribution in [0.15, 0.2) is 53.1 Å². The van der Waals surface area contributed by atoms with Crippen LogP contribution in [0.25, 0.3) is 5.57 Å². The maximum Gasteiger partial charge on any atom is 0.138 e. The molecule has 0 unspecified atom stereocenters. The minimum absolute atomic E-state index is 0.156. The van der Waals surface area contributed by atoms with Crippen LogP contribution in [0.4, 0.5) is 8.78 Å². The molecule has 0 radical (unpaired) electrons. The molecule has 21 heavy (non-hydrogen) atoms. The minimum atomic E-state index is -0.436. The van der Waals surface area contributed by atoms with Gasteiger partial charge in [-0.25, -0.2) is 8.78 Å². The summed E-state index contributed by atoms with van der Waals surface area (Å²) in [6, 6.07) is 12.5. The molecule has 0 fully saturated rings. The topological polar surface area (TPSA) is 3.24 Å². The molecular weight excluding hydrogens is 336 g/mol. The summed E-state index contributed by atoms with van der Waals surface area (Å²) >= 11 is 3.00. The van der Waals surface area contributed by atoms with E-state index in [1.165, 1.54) is 17.7 Å². The standard InChI is InChI=1S/C17H14BrF2N/c18-15-9-16(19)14(8-17(15)20)13-6-7-21(11-13)10-12-4-2-1-3-5-12/h1-5,8-9,11H,6-7,10H2. The Kier molecular flexibility index (Phi) is 4.06. The van der Waals surface area contributed by atoms with Crippen LogP contribution in [0.3, 0.4) is 0 Å². The van der Waals surface area contributed by atoms with Gasteiger partial charge in [0.2, 0.25) is 0 Å². The molecule has 0 spiro atoms. The van der Waals surface area contributed by atoms with Crippen LogP contribution < -0.4 is 0 Å². The molecule has 0 saturated heterocycles. The summed E-state index contributed by atoms with van der Waals surface area (Å²) in [6.07, 6.45) is 2.66. The number of hydrogen-bond donors (Lipinski definition) is 0. The van der Waals surface area contributed by atoms with Crippen LogP contribution in [0.2, 0.25) is 0 Å². The maximum absolute atomic E-state index is 14.0. The number of nitrogens with zero attached hydrogens (tertiary/aromatic N) is 1. The summed E-state index contributed by atoms with van der Waals surface area (Å²) in [7, 11) is 0. The Morgan fingerprint density at radius 1 is 1.05 bits per heavy atom. The van der Waals surface area contributed by atoms with Gasteiger partial charge in [0.25, 0.3) is 0 Å². The number of hydrogen-bond acceptors (Lipinski definition) is 1. The maximum atomic E-state index is 14.0. The summed E-state index contributed by atoms with van der Waals surface area (Å²) < 4.78 is 27.7. The number of rotatable bonds is 3. The van der Waals surface area contributed by atoms with Gasteiger partial charge in [-0.3, -0.25) is 0 Å². The molecule has 1 aliphatic heterocycles. The zero-order chi connectivity index (χ0) is 14.8. The highest BCUT2D eigenvalue weighted by Crippen LogP contribution is 2.30. The molecule has 0 bridgehead atoms. The van der Waals surface area contributed by atoms with Crippen molar-refractivity contribution in [2.45, 2.75) is 13.0 Å². The van der Waals surface area contributed by atoms with Gasteiger partial charge < -0.3 is 4.90 Å². The van der Waals surface area contributed by atoms with E-state index in [4.69, 9.17) is 0 Å². The van der Waals surface area contributed by atoms with Crippen LogP contribution in [0, 0.1) is 11.6 Å². The molecule has 0 amide bonds. The van der Waals surface area contributed by atoms with Crippen LogP contribution in [0.5, 0.6) is 0 Å². The minimum Gasteiger partial charge on any atom is -0.372 e. The lowest BCUT2D eigenvalue weighted by atomic mass is 10.0. The van der Waals surface area contributed by atoms with Gasteiger partial charge in [-0.15, -0.1) is 0 Å². The molecule has 108 valence electrons. The molecule has 0 aromatic heterocycles. The second-order valence-electron chi connectivity index (χ2n) is 5.11. The molecule has 0 aliphatic carbocycles. The van der Waals surface area contributed by atoms with Crippen molar-refractivity contribution in [2.75, 3.05) is 6.54 Å². The van der Waals surface area contributed by atoms with E-state index in [1.54, 1.807) is 0 Å². The first-order chi connectivity index (χ1) is 10.1. The fourth-order valence-corrected chi connectivity index (χ4v) is 2.84. The molecule has 2 aromatic rings. The van der Waals surface area contributed by atoms with Crippen LogP contribution in [-0.2, 0) is 6.54 Å². The van der Waals surface area contributed by atoms with E-state index in [0.717, 1.165) is 25.1 Å². The molecule has 0 saturated carbocycles. The fourth-order valence-electron chi connectivity index (χ4n) is 2.53. The van der Waals surface area contributed by atoms with Gasteiger partial charge in [0.1, 0.15) is 11.6 Å². The van der Waals surface area contributed by atoms with Crippen LogP contribution in [-0.4, -0.2) is 11.4 Å². The average molecular weight is 350 g/mol. The predicted molar refractivity (Wildman–Crippen MR) is 83.5 cm³/mol. The quantitative estimate of drug-likeness (QED) is 0.706. The Bertz CT molecular complexity index is 683. The first-order valence-electron chi connectivity index (χ1n) is 6.77. The summed E-state index contributed by atoms with van der Waals surface area (Å²) in [5.41, 5.74) is 2.40. The van der Waals surface area contributed by atoms with Crippen molar-refractivity contribution in [2.24, 2.45) is 0 Å². The zero-order valence-electron chi connectivity index (χ0n) is 11.3. The van der Waals surface area contributed by atoms with E-state index in [0.29, 0.717) is 5.56 Å². The normalized spacial score (nSPS) is 14.4. The lowest BCUT2D eigenvalue weighted by molar-refractivity contribution is 0.400. The molecule has 1 heterocycles. The van der Waals surface area contributed by atoms with Crippen molar-refractivity contribution in [3.8, 4) is 0 Å². The van der Waals surface area contributed by atoms with Gasteiger partial charge in [0, 0.05) is 24.9 Å². The lowest BCUT2D eigenvalue weighted by Gasteiger charge is -2.14. The second kappa shape index (κ2) is 5.98. The van der Waals surface area contributed by atoms with Gasteiger partial charge >= 0.3 is 0 Å². The average Bonchev–Trinajstić information content (AvgIpc) is 2.92. The largest absolute Gasteiger partial charge is 0.372 e. The van der Waals surface area contributed by atoms with Gasteiger partial charge in [-0.2, -0.15) is 0 Å². The highest BCUT2D eigenvalue weighted by molar-refractivity contribution is 9.10. The molecule has 3 rings (SSSR count). The van der Waals surface area contributed by atoms with E-state index in [9.17, 15) is 8.78 Å². The molecule has 0 atom stereocenters. The van der Waals surface area contributed by atoms with Crippen molar-refractivity contribution in [1.82, 2.24) is 4.90 Å². The third-order valence-electron chi connectivity index (χ3n) is 3.59. The van der Waals surface area contributed by atoms with E-state index < -0.39 is 11.6 Å². The van der Waals surface area contributed by atoms with Gasteiger partial charge in [0.05, 0.1) is 4.47 Å². The van der Waals surface area contributed by atoms with Gasteiger partial charge in [0.15, 0.2) is 0 Å². The summed E-state index contributed by atoms with van der Waals surface area (Å²) in [5, 5.41) is 0. The molecule has 2 aromatic carbocycles. The fraction of sp³-hybridized carbons (Fsp3) is 0.176. The first kappa shape index (κ1) is 14.3. The molecule has 0 N–H and O–H groups in total. The summed E-state index contributed by atoms with van der Waals surface area (Å²) in [5.74, 6) is -0.829. The van der Waals surface area contributed by atoms with Gasteiger partial charge in [-0.05, 0) is 45.6 Å². The van der Waals surface area contributed by atoms with Gasteiger partial charge in [-0.1, -0.05) is 30.3 Å². The monoisotopic (exact) mass is 349 g/mol. The molecular formula is C17H14BrF2N. The SMILES string of the molecule is Fc1cc(C2=CN(Cc3ccccc3)CC2)c(F)cc1Br. The van der Waals surface area contributed by atoms with E-state index in [-0.39, 0.29) is 4.47 Å².